The minimum Gasteiger partial charge on any atom is -0.465 e. The number of carbonyl (C=O) groups is 2. The number of esters is 1. The summed E-state index contributed by atoms with van der Waals surface area (Å²) in [6, 6.07) is 17.3. The maximum absolute atomic E-state index is 12.2. The Morgan fingerprint density at radius 3 is 2.40 bits per heavy atom. The molecule has 0 radical (unpaired) electrons. The van der Waals surface area contributed by atoms with Crippen molar-refractivity contribution in [2.24, 2.45) is 0 Å². The Kier molecular flexibility index (Phi) is 7.13. The Labute approximate surface area is 181 Å². The van der Waals surface area contributed by atoms with Crippen LogP contribution in [0.3, 0.4) is 0 Å². The van der Waals surface area contributed by atoms with Crippen molar-refractivity contribution in [3.63, 3.8) is 0 Å². The van der Waals surface area contributed by atoms with Gasteiger partial charge < -0.3 is 10.1 Å². The lowest BCUT2D eigenvalue weighted by Gasteiger charge is -2.08. The van der Waals surface area contributed by atoms with Crippen molar-refractivity contribution in [2.75, 3.05) is 12.4 Å². The number of hydrogen-bond acceptors (Lipinski definition) is 5. The number of aromatic nitrogens is 2. The predicted molar refractivity (Wildman–Crippen MR) is 117 cm³/mol. The molecular weight excluding hydrogens is 450 g/mol. The van der Waals surface area contributed by atoms with E-state index in [0.717, 1.165) is 10.0 Å². The molecule has 1 N–H and O–H groups in total. The highest BCUT2D eigenvalue weighted by molar-refractivity contribution is 9.10. The molecule has 1 heterocycles. The summed E-state index contributed by atoms with van der Waals surface area (Å²) in [6.45, 7) is 0.331. The summed E-state index contributed by atoms with van der Waals surface area (Å²) in [7, 11) is 1.31. The third kappa shape index (κ3) is 5.64. The van der Waals surface area contributed by atoms with Crippen LogP contribution in [0.25, 0.3) is 11.3 Å². The van der Waals surface area contributed by atoms with Gasteiger partial charge in [-0.25, -0.2) is 9.48 Å². The quantitative estimate of drug-likeness (QED) is 0.530. The first-order valence-corrected chi connectivity index (χ1v) is 10.1. The number of nitrogens with one attached hydrogen (secondary N) is 1. The number of amides is 1. The molecule has 0 atom stereocenters. The van der Waals surface area contributed by atoms with Crippen molar-refractivity contribution < 1.29 is 14.3 Å². The molecule has 7 nitrogen and oxygen atoms in total. The number of benzene rings is 2. The van der Waals surface area contributed by atoms with Gasteiger partial charge >= 0.3 is 5.97 Å². The summed E-state index contributed by atoms with van der Waals surface area (Å²) in [6.07, 6.45) is 0.693. The lowest BCUT2D eigenvalue weighted by molar-refractivity contribution is -0.116. The molecule has 0 aliphatic carbocycles. The third-order valence-corrected chi connectivity index (χ3v) is 4.90. The fraction of sp³-hybridized carbons (Fsp3) is 0.182. The van der Waals surface area contributed by atoms with E-state index < -0.39 is 5.97 Å². The smallest absolute Gasteiger partial charge is 0.337 e. The molecule has 0 saturated heterocycles. The Morgan fingerprint density at radius 1 is 1.03 bits per heavy atom. The van der Waals surface area contributed by atoms with Crippen LogP contribution < -0.4 is 10.9 Å². The molecule has 0 bridgehead atoms. The van der Waals surface area contributed by atoms with Crippen LogP contribution in [0.2, 0.25) is 0 Å². The Morgan fingerprint density at radius 2 is 1.73 bits per heavy atom. The summed E-state index contributed by atoms with van der Waals surface area (Å²) >= 11 is 3.39. The number of nitrogens with zero attached hydrogens (tertiary/aromatic N) is 2. The van der Waals surface area contributed by atoms with Crippen molar-refractivity contribution >= 4 is 33.5 Å². The van der Waals surface area contributed by atoms with Crippen LogP contribution >= 0.6 is 15.9 Å². The van der Waals surface area contributed by atoms with Crippen molar-refractivity contribution in [2.45, 2.75) is 19.4 Å². The molecule has 30 heavy (non-hydrogen) atoms. The molecule has 3 rings (SSSR count). The average molecular weight is 470 g/mol. The second kappa shape index (κ2) is 9.98. The van der Waals surface area contributed by atoms with Gasteiger partial charge in [-0.1, -0.05) is 28.1 Å². The highest BCUT2D eigenvalue weighted by Crippen LogP contribution is 2.19. The lowest BCUT2D eigenvalue weighted by atomic mass is 10.1. The van der Waals surface area contributed by atoms with Gasteiger partial charge in [0.25, 0.3) is 5.56 Å². The SMILES string of the molecule is COC(=O)c1ccc(NC(=O)CCCn2nc(-c3ccc(Br)cc3)ccc2=O)cc1. The summed E-state index contributed by atoms with van der Waals surface area (Å²) < 4.78 is 6.98. The van der Waals surface area contributed by atoms with Gasteiger partial charge in [0.15, 0.2) is 0 Å². The number of methoxy groups -OCH3 is 1. The van der Waals surface area contributed by atoms with E-state index >= 15 is 0 Å². The molecule has 0 aliphatic rings. The van der Waals surface area contributed by atoms with Crippen molar-refractivity contribution in [1.29, 1.82) is 0 Å². The molecule has 0 saturated carbocycles. The third-order valence-electron chi connectivity index (χ3n) is 4.37. The molecule has 3 aromatic rings. The minimum absolute atomic E-state index is 0.182. The Hall–Kier alpha value is -3.26. The number of ether oxygens (including phenoxy) is 1. The predicted octanol–water partition coefficient (Wildman–Crippen LogP) is 3.88. The molecule has 2 aromatic carbocycles. The van der Waals surface area contributed by atoms with Crippen LogP contribution in [0.4, 0.5) is 5.69 Å². The van der Waals surface area contributed by atoms with Gasteiger partial charge in [-0.3, -0.25) is 9.59 Å². The number of rotatable bonds is 7. The standard InChI is InChI=1S/C22H20BrN3O4/c1-30-22(29)16-6-10-18(11-7-16)24-20(27)3-2-14-26-21(28)13-12-19(25-26)15-4-8-17(23)9-5-15/h4-13H,2-3,14H2,1H3,(H,24,27). The second-order valence-electron chi connectivity index (χ2n) is 6.51. The van der Waals surface area contributed by atoms with Crippen LogP contribution in [0, 0.1) is 0 Å². The Bertz CT molecular complexity index is 1090. The van der Waals surface area contributed by atoms with E-state index in [4.69, 9.17) is 0 Å². The normalized spacial score (nSPS) is 10.5. The van der Waals surface area contributed by atoms with Gasteiger partial charge in [-0.2, -0.15) is 5.10 Å². The first-order valence-electron chi connectivity index (χ1n) is 9.28. The average Bonchev–Trinajstić information content (AvgIpc) is 2.75. The van der Waals surface area contributed by atoms with Gasteiger partial charge in [0.05, 0.1) is 18.4 Å². The van der Waals surface area contributed by atoms with Crippen LogP contribution in [-0.2, 0) is 16.1 Å². The zero-order valence-electron chi connectivity index (χ0n) is 16.3. The van der Waals surface area contributed by atoms with E-state index in [9.17, 15) is 14.4 Å². The molecule has 1 aromatic heterocycles. The van der Waals surface area contributed by atoms with Gasteiger partial charge in [0.1, 0.15) is 0 Å². The first-order chi connectivity index (χ1) is 14.5. The molecule has 8 heteroatoms. The van der Waals surface area contributed by atoms with Gasteiger partial charge in [-0.15, -0.1) is 0 Å². The molecular formula is C22H20BrN3O4. The number of carbonyl (C=O) groups excluding carboxylic acids is 2. The number of hydrogen-bond donors (Lipinski definition) is 1. The first kappa shape index (κ1) is 21.4. The van der Waals surface area contributed by atoms with Crippen LogP contribution in [0.5, 0.6) is 0 Å². The lowest BCUT2D eigenvalue weighted by Crippen LogP contribution is -2.23. The summed E-state index contributed by atoms with van der Waals surface area (Å²) in [5.74, 6) is -0.617. The number of halogens is 1. The summed E-state index contributed by atoms with van der Waals surface area (Å²) in [5, 5.41) is 7.17. The zero-order valence-corrected chi connectivity index (χ0v) is 17.9. The van der Waals surface area contributed by atoms with Gasteiger partial charge in [0, 0.05) is 34.8 Å². The maximum Gasteiger partial charge on any atom is 0.337 e. The van der Waals surface area contributed by atoms with E-state index in [-0.39, 0.29) is 17.9 Å². The van der Waals surface area contributed by atoms with Gasteiger partial charge in [0.2, 0.25) is 5.91 Å². The molecule has 0 unspecified atom stereocenters. The second-order valence-corrected chi connectivity index (χ2v) is 7.42. The number of aryl methyl sites for hydroxylation is 1. The zero-order chi connectivity index (χ0) is 21.5. The molecule has 1 amide bonds. The molecule has 0 spiro atoms. The van der Waals surface area contributed by atoms with Gasteiger partial charge in [-0.05, 0) is 48.9 Å². The van der Waals surface area contributed by atoms with E-state index in [1.807, 2.05) is 24.3 Å². The van der Waals surface area contributed by atoms with Crippen molar-refractivity contribution in [3.05, 3.63) is 81.1 Å². The Balaban J connectivity index is 1.56. The van der Waals surface area contributed by atoms with E-state index in [0.29, 0.717) is 29.9 Å². The van der Waals surface area contributed by atoms with E-state index in [1.54, 1.807) is 30.3 Å². The van der Waals surface area contributed by atoms with Crippen molar-refractivity contribution in [1.82, 2.24) is 9.78 Å². The highest BCUT2D eigenvalue weighted by atomic mass is 79.9. The largest absolute Gasteiger partial charge is 0.465 e. The van der Waals surface area contributed by atoms with Crippen LogP contribution in [0.15, 0.2) is 69.9 Å². The fourth-order valence-electron chi connectivity index (χ4n) is 2.80. The van der Waals surface area contributed by atoms with Crippen LogP contribution in [0.1, 0.15) is 23.2 Å². The summed E-state index contributed by atoms with van der Waals surface area (Å²) in [5.41, 5.74) is 2.37. The molecule has 0 aliphatic heterocycles. The maximum atomic E-state index is 12.2. The van der Waals surface area contributed by atoms with E-state index in [1.165, 1.54) is 17.9 Å². The fourth-order valence-corrected chi connectivity index (χ4v) is 3.07. The molecule has 0 fully saturated rings. The highest BCUT2D eigenvalue weighted by Gasteiger charge is 2.08. The minimum atomic E-state index is -0.434. The van der Waals surface area contributed by atoms with Crippen molar-refractivity contribution in [3.8, 4) is 11.3 Å². The topological polar surface area (TPSA) is 90.3 Å². The number of anilines is 1. The monoisotopic (exact) mass is 469 g/mol. The summed E-state index contributed by atoms with van der Waals surface area (Å²) in [4.78, 5) is 35.7. The van der Waals surface area contributed by atoms with Crippen LogP contribution in [-0.4, -0.2) is 28.8 Å². The molecule has 154 valence electrons. The van der Waals surface area contributed by atoms with E-state index in [2.05, 4.69) is 31.1 Å².